The van der Waals surface area contributed by atoms with E-state index in [1.165, 1.54) is 11.9 Å². The van der Waals surface area contributed by atoms with Crippen LogP contribution in [0.2, 0.25) is 0 Å². The Morgan fingerprint density at radius 1 is 1.21 bits per heavy atom. The Morgan fingerprint density at radius 3 is 2.68 bits per heavy atom. The number of nitrogen functional groups attached to an aromatic ring is 1. The van der Waals surface area contributed by atoms with Crippen molar-refractivity contribution in [3.8, 4) is 11.5 Å². The number of nitrogens with two attached hydrogens (primary N) is 1. The van der Waals surface area contributed by atoms with Gasteiger partial charge in [-0.15, -0.1) is 4.79 Å². The average molecular weight is 383 g/mol. The highest BCUT2D eigenvalue weighted by molar-refractivity contribution is 5.91. The lowest BCUT2D eigenvalue weighted by molar-refractivity contribution is -0.118. The van der Waals surface area contributed by atoms with Crippen molar-refractivity contribution in [2.75, 3.05) is 30.2 Å². The number of methoxy groups -OCH3 is 1. The molecule has 0 fully saturated rings. The van der Waals surface area contributed by atoms with E-state index in [0.29, 0.717) is 23.7 Å². The fourth-order valence-corrected chi connectivity index (χ4v) is 2.46. The van der Waals surface area contributed by atoms with Crippen LogP contribution < -0.4 is 25.9 Å². The molecule has 2 aromatic carbocycles. The van der Waals surface area contributed by atoms with Crippen LogP contribution in [0.3, 0.4) is 0 Å². The predicted molar refractivity (Wildman–Crippen MR) is 104 cm³/mol. The maximum Gasteiger partial charge on any atom is 0.262 e. The van der Waals surface area contributed by atoms with Crippen LogP contribution in [0.5, 0.6) is 11.5 Å². The minimum absolute atomic E-state index is 0.128. The summed E-state index contributed by atoms with van der Waals surface area (Å²) in [6.45, 7) is 2.12. The minimum Gasteiger partial charge on any atom is -0.493 e. The summed E-state index contributed by atoms with van der Waals surface area (Å²) >= 11 is 0. The summed E-state index contributed by atoms with van der Waals surface area (Å²) in [4.78, 5) is 13.5. The zero-order chi connectivity index (χ0) is 19.9. The smallest absolute Gasteiger partial charge is 0.262 e. The summed E-state index contributed by atoms with van der Waals surface area (Å²) in [7, 11) is 1.53. The molecule has 0 aliphatic rings. The zero-order valence-corrected chi connectivity index (χ0v) is 15.5. The van der Waals surface area contributed by atoms with Crippen LogP contribution in [0.15, 0.2) is 42.5 Å². The number of nitrogens with zero attached hydrogens (tertiary/aromatic N) is 4. The lowest BCUT2D eigenvalue weighted by Crippen LogP contribution is -2.22. The van der Waals surface area contributed by atoms with E-state index in [-0.39, 0.29) is 18.5 Å². The van der Waals surface area contributed by atoms with Crippen LogP contribution in [0.4, 0.5) is 11.6 Å². The highest BCUT2D eigenvalue weighted by Crippen LogP contribution is 2.31. The van der Waals surface area contributed by atoms with Crippen LogP contribution in [0.25, 0.3) is 0 Å². The fourth-order valence-electron chi connectivity index (χ4n) is 2.46. The number of aromatic nitrogens is 4. The third-order valence-corrected chi connectivity index (χ3v) is 3.88. The molecule has 1 aromatic heterocycles. The molecule has 0 atom stereocenters. The van der Waals surface area contributed by atoms with Crippen LogP contribution in [-0.4, -0.2) is 39.9 Å². The van der Waals surface area contributed by atoms with Crippen molar-refractivity contribution in [2.24, 2.45) is 0 Å². The first-order chi connectivity index (χ1) is 13.6. The molecule has 0 unspecified atom stereocenters. The molecular formula is C18H21N7O3. The van der Waals surface area contributed by atoms with Gasteiger partial charge in [0, 0.05) is 11.3 Å². The van der Waals surface area contributed by atoms with Crippen molar-refractivity contribution in [1.29, 1.82) is 0 Å². The maximum atomic E-state index is 12.2. The van der Waals surface area contributed by atoms with Crippen LogP contribution in [-0.2, 0) is 11.3 Å². The molecule has 146 valence electrons. The molecule has 0 bridgehead atoms. The Labute approximate surface area is 161 Å². The summed E-state index contributed by atoms with van der Waals surface area (Å²) in [5.41, 5.74) is 11.2. The largest absolute Gasteiger partial charge is 0.493 e. The Hall–Kier alpha value is -3.82. The Balaban J connectivity index is 1.66. The molecule has 3 aromatic rings. The van der Waals surface area contributed by atoms with Gasteiger partial charge in [0.25, 0.3) is 11.9 Å². The van der Waals surface area contributed by atoms with E-state index >= 15 is 0 Å². The second-order valence-corrected chi connectivity index (χ2v) is 5.94. The molecule has 0 radical (unpaired) electrons. The normalized spacial score (nSPS) is 10.4. The monoisotopic (exact) mass is 383 g/mol. The van der Waals surface area contributed by atoms with Crippen molar-refractivity contribution < 1.29 is 14.3 Å². The number of benzene rings is 2. The predicted octanol–water partition coefficient (Wildman–Crippen LogP) is 1.33. The van der Waals surface area contributed by atoms with Crippen molar-refractivity contribution in [3.63, 3.8) is 0 Å². The number of nitrogens with one attached hydrogen (secondary N) is 2. The number of carbonyl (C=O) groups excluding carboxylic acids is 1. The summed E-state index contributed by atoms with van der Waals surface area (Å²) in [6, 6.07) is 12.9. The summed E-state index contributed by atoms with van der Waals surface area (Å²) in [5.74, 6) is 0.802. The Morgan fingerprint density at radius 2 is 2.00 bits per heavy atom. The van der Waals surface area contributed by atoms with E-state index in [9.17, 15) is 4.79 Å². The number of carbonyl (C=O) groups is 1. The van der Waals surface area contributed by atoms with E-state index in [4.69, 9.17) is 15.2 Å². The standard InChI is InChI=1S/C18H21N7O3/c1-12-6-8-14(9-7-12)21-16(26)11-28-17-13(4-3-5-15(17)27-2)10-20-25-18(19)22-23-24-25/h3-9,20H,10-11H2,1-2H3,(H,21,26)(H2,19,22,24). The number of tetrazole rings is 1. The van der Waals surface area contributed by atoms with Crippen molar-refractivity contribution in [3.05, 3.63) is 53.6 Å². The van der Waals surface area contributed by atoms with Gasteiger partial charge in [-0.05, 0) is 35.5 Å². The molecule has 1 heterocycles. The summed E-state index contributed by atoms with van der Waals surface area (Å²) < 4.78 is 11.1. The SMILES string of the molecule is COc1cccc(CNn2nnnc2N)c1OCC(=O)Nc1ccc(C)cc1. The van der Waals surface area contributed by atoms with Gasteiger partial charge in [0.2, 0.25) is 0 Å². The number of amides is 1. The lowest BCUT2D eigenvalue weighted by atomic mass is 10.2. The van der Waals surface area contributed by atoms with Gasteiger partial charge in [-0.25, -0.2) is 0 Å². The molecule has 4 N–H and O–H groups in total. The van der Waals surface area contributed by atoms with Crippen molar-refractivity contribution in [1.82, 2.24) is 20.3 Å². The maximum absolute atomic E-state index is 12.2. The van der Waals surface area contributed by atoms with Crippen molar-refractivity contribution >= 4 is 17.5 Å². The van der Waals surface area contributed by atoms with E-state index in [0.717, 1.165) is 11.1 Å². The third kappa shape index (κ3) is 4.67. The van der Waals surface area contributed by atoms with Crippen LogP contribution in [0.1, 0.15) is 11.1 Å². The third-order valence-electron chi connectivity index (χ3n) is 3.88. The number of anilines is 2. The van der Waals surface area contributed by atoms with Gasteiger partial charge in [0.05, 0.1) is 13.7 Å². The highest BCUT2D eigenvalue weighted by Gasteiger charge is 2.13. The van der Waals surface area contributed by atoms with Gasteiger partial charge >= 0.3 is 0 Å². The first-order valence-corrected chi connectivity index (χ1v) is 8.49. The lowest BCUT2D eigenvalue weighted by Gasteiger charge is -2.15. The molecule has 1 amide bonds. The first-order valence-electron chi connectivity index (χ1n) is 8.49. The van der Waals surface area contributed by atoms with Crippen molar-refractivity contribution in [2.45, 2.75) is 13.5 Å². The topological polar surface area (TPSA) is 129 Å². The summed E-state index contributed by atoms with van der Waals surface area (Å²) in [5, 5.41) is 13.6. The fraction of sp³-hybridized carbons (Fsp3) is 0.222. The van der Waals surface area contributed by atoms with E-state index < -0.39 is 0 Å². The molecule has 0 spiro atoms. The van der Waals surface area contributed by atoms with Gasteiger partial charge in [-0.2, -0.15) is 0 Å². The average Bonchev–Trinajstić information content (AvgIpc) is 3.11. The molecule has 0 aliphatic heterocycles. The number of hydrogen-bond acceptors (Lipinski definition) is 8. The van der Waals surface area contributed by atoms with E-state index in [2.05, 4.69) is 26.3 Å². The highest BCUT2D eigenvalue weighted by atomic mass is 16.5. The van der Waals surface area contributed by atoms with E-state index in [1.54, 1.807) is 6.07 Å². The van der Waals surface area contributed by atoms with Crippen LogP contribution >= 0.6 is 0 Å². The Bertz CT molecular complexity index is 941. The van der Waals surface area contributed by atoms with E-state index in [1.807, 2.05) is 43.3 Å². The minimum atomic E-state index is -0.279. The van der Waals surface area contributed by atoms with Gasteiger partial charge < -0.3 is 25.9 Å². The molecule has 28 heavy (non-hydrogen) atoms. The van der Waals surface area contributed by atoms with Crippen LogP contribution in [0, 0.1) is 6.92 Å². The second kappa shape index (κ2) is 8.71. The molecule has 10 nitrogen and oxygen atoms in total. The first kappa shape index (κ1) is 19.0. The Kier molecular flexibility index (Phi) is 5.90. The number of ether oxygens (including phenoxy) is 2. The number of rotatable bonds is 8. The number of aryl methyl sites for hydroxylation is 1. The zero-order valence-electron chi connectivity index (χ0n) is 15.5. The quantitative estimate of drug-likeness (QED) is 0.531. The number of para-hydroxylation sites is 1. The molecule has 0 saturated carbocycles. The summed E-state index contributed by atoms with van der Waals surface area (Å²) in [6.07, 6.45) is 0. The molecule has 0 aliphatic carbocycles. The van der Waals surface area contributed by atoms with Gasteiger partial charge in [-0.1, -0.05) is 34.9 Å². The number of hydrogen-bond donors (Lipinski definition) is 3. The van der Waals surface area contributed by atoms with Gasteiger partial charge in [0.15, 0.2) is 18.1 Å². The molecule has 0 saturated heterocycles. The van der Waals surface area contributed by atoms with Gasteiger partial charge in [-0.3, -0.25) is 4.79 Å². The molecule has 10 heteroatoms. The molecular weight excluding hydrogens is 362 g/mol. The second-order valence-electron chi connectivity index (χ2n) is 5.94. The van der Waals surface area contributed by atoms with Gasteiger partial charge in [0.1, 0.15) is 0 Å². The molecule has 3 rings (SSSR count).